The van der Waals surface area contributed by atoms with Crippen LogP contribution in [0.4, 0.5) is 11.6 Å². The van der Waals surface area contributed by atoms with Gasteiger partial charge in [-0.2, -0.15) is 0 Å². The highest BCUT2D eigenvalue weighted by atomic mass is 79.9. The molecule has 0 radical (unpaired) electrons. The fourth-order valence-corrected chi connectivity index (χ4v) is 1.36. The lowest BCUT2D eigenvalue weighted by Gasteiger charge is -1.92. The van der Waals surface area contributed by atoms with E-state index in [2.05, 4.69) is 36.3 Å². The van der Waals surface area contributed by atoms with Gasteiger partial charge < -0.3 is 11.5 Å². The number of aromatic nitrogens is 4. The van der Waals surface area contributed by atoms with Crippen molar-refractivity contribution in [2.75, 3.05) is 11.5 Å². The molecule has 17 heavy (non-hydrogen) atoms. The van der Waals surface area contributed by atoms with Crippen LogP contribution in [0.1, 0.15) is 0 Å². The largest absolute Gasteiger partial charge is 0.382 e. The van der Waals surface area contributed by atoms with E-state index in [1.165, 1.54) is 0 Å². The Morgan fingerprint density at radius 1 is 0.941 bits per heavy atom. The number of anilines is 2. The predicted molar refractivity (Wildman–Crippen MR) is 70.6 cm³/mol. The second-order valence-corrected chi connectivity index (χ2v) is 4.31. The molecule has 0 aliphatic heterocycles. The van der Waals surface area contributed by atoms with Crippen molar-refractivity contribution in [1.29, 1.82) is 0 Å². The second-order valence-electron chi connectivity index (χ2n) is 2.68. The van der Waals surface area contributed by atoms with Crippen molar-refractivity contribution in [1.82, 2.24) is 20.4 Å². The van der Waals surface area contributed by atoms with Gasteiger partial charge in [0, 0.05) is 0 Å². The predicted octanol–water partition coefficient (Wildman–Crippen LogP) is 2.19. The third kappa shape index (κ3) is 5.12. The maximum Gasteiger partial charge on any atom is 0.160 e. The molecule has 2 heterocycles. The summed E-state index contributed by atoms with van der Waals surface area (Å²) in [5.41, 5.74) is 10.5. The van der Waals surface area contributed by atoms with E-state index < -0.39 is 0 Å². The summed E-state index contributed by atoms with van der Waals surface area (Å²) in [4.78, 5) is 0. The summed E-state index contributed by atoms with van der Waals surface area (Å²) in [5.74, 6) is 0.730. The van der Waals surface area contributed by atoms with E-state index in [0.717, 1.165) is 0 Å². The maximum atomic E-state index is 5.46. The summed E-state index contributed by atoms with van der Waals surface area (Å²) < 4.78 is 0.669. The maximum absolute atomic E-state index is 5.46. The van der Waals surface area contributed by atoms with Crippen molar-refractivity contribution in [3.8, 4) is 0 Å². The molecule has 2 rings (SSSR count). The number of nitrogens with zero attached hydrogens (tertiary/aromatic N) is 4. The fraction of sp³-hybridized carbons (Fsp3) is 0. The van der Waals surface area contributed by atoms with Crippen molar-refractivity contribution in [2.24, 2.45) is 0 Å². The van der Waals surface area contributed by atoms with Gasteiger partial charge >= 0.3 is 0 Å². The highest BCUT2D eigenvalue weighted by molar-refractivity contribution is 9.10. The molecule has 0 amide bonds. The standard InChI is InChI=1S/C4H3BrClN3.C4H4ClN3/c5-2-1-3(6)8-9-4(2)7;5-3-1-2-4(6)8-7-3/h1H,(H2,7,9);1-2H,(H2,6,8). The van der Waals surface area contributed by atoms with Gasteiger partial charge in [0.1, 0.15) is 5.82 Å². The Kier molecular flexibility index (Phi) is 5.33. The molecule has 4 N–H and O–H groups in total. The summed E-state index contributed by atoms with van der Waals surface area (Å²) in [6.45, 7) is 0. The minimum absolute atomic E-state index is 0.330. The first-order valence-corrected chi connectivity index (χ1v) is 5.73. The Labute approximate surface area is 115 Å². The van der Waals surface area contributed by atoms with Crippen molar-refractivity contribution in [3.63, 3.8) is 0 Å². The van der Waals surface area contributed by atoms with Gasteiger partial charge in [0.05, 0.1) is 4.47 Å². The number of hydrogen-bond acceptors (Lipinski definition) is 6. The molecule has 2 aromatic rings. The monoisotopic (exact) mass is 336 g/mol. The molecular weight excluding hydrogens is 331 g/mol. The van der Waals surface area contributed by atoms with Crippen LogP contribution >= 0.6 is 39.1 Å². The van der Waals surface area contributed by atoms with Crippen molar-refractivity contribution in [3.05, 3.63) is 33.0 Å². The van der Waals surface area contributed by atoms with E-state index in [1.54, 1.807) is 18.2 Å². The molecule has 0 bridgehead atoms. The van der Waals surface area contributed by atoms with Crippen molar-refractivity contribution in [2.45, 2.75) is 0 Å². The molecule has 6 nitrogen and oxygen atoms in total. The van der Waals surface area contributed by atoms with Gasteiger partial charge in [-0.1, -0.05) is 23.2 Å². The highest BCUT2D eigenvalue weighted by Crippen LogP contribution is 2.17. The highest BCUT2D eigenvalue weighted by Gasteiger charge is 1.96. The quantitative estimate of drug-likeness (QED) is 0.763. The lowest BCUT2D eigenvalue weighted by Crippen LogP contribution is -1.93. The molecule has 9 heteroatoms. The normalized spacial score (nSPS) is 9.35. The van der Waals surface area contributed by atoms with E-state index in [0.29, 0.717) is 26.4 Å². The minimum Gasteiger partial charge on any atom is -0.382 e. The number of nitrogen functional groups attached to an aromatic ring is 2. The average Bonchev–Trinajstić information content (AvgIpc) is 2.29. The number of rotatable bonds is 0. The fourth-order valence-electron chi connectivity index (χ4n) is 0.683. The smallest absolute Gasteiger partial charge is 0.160 e. The number of nitrogens with two attached hydrogens (primary N) is 2. The average molecular weight is 338 g/mol. The van der Waals surface area contributed by atoms with E-state index in [9.17, 15) is 0 Å². The Morgan fingerprint density at radius 3 is 2.00 bits per heavy atom. The third-order valence-corrected chi connectivity index (χ3v) is 2.42. The molecule has 2 aromatic heterocycles. The van der Waals surface area contributed by atoms with Gasteiger partial charge in [-0.3, -0.25) is 0 Å². The van der Waals surface area contributed by atoms with Gasteiger partial charge in [-0.05, 0) is 34.1 Å². The summed E-state index contributed by atoms with van der Waals surface area (Å²) >= 11 is 14.0. The van der Waals surface area contributed by atoms with Crippen LogP contribution < -0.4 is 11.5 Å². The number of halogens is 3. The molecule has 0 saturated carbocycles. The van der Waals surface area contributed by atoms with Crippen LogP contribution in [0.25, 0.3) is 0 Å². The summed E-state index contributed by atoms with van der Waals surface area (Å²) in [6, 6.07) is 4.77. The zero-order valence-corrected chi connectivity index (χ0v) is 11.4. The Bertz CT molecular complexity index is 471. The van der Waals surface area contributed by atoms with Gasteiger partial charge in [0.2, 0.25) is 0 Å². The van der Waals surface area contributed by atoms with Gasteiger partial charge in [-0.15, -0.1) is 20.4 Å². The molecule has 0 unspecified atom stereocenters. The Balaban J connectivity index is 0.000000171. The lowest BCUT2D eigenvalue weighted by atomic mass is 10.5. The Morgan fingerprint density at radius 2 is 1.59 bits per heavy atom. The Hall–Kier alpha value is -1.18. The molecule has 90 valence electrons. The third-order valence-electron chi connectivity index (χ3n) is 1.40. The van der Waals surface area contributed by atoms with Gasteiger partial charge in [-0.25, -0.2) is 0 Å². The van der Waals surface area contributed by atoms with Crippen molar-refractivity contribution < 1.29 is 0 Å². The first-order chi connectivity index (χ1) is 7.99. The molecule has 0 fully saturated rings. The molecule has 0 spiro atoms. The van der Waals surface area contributed by atoms with E-state index in [4.69, 9.17) is 34.7 Å². The SMILES string of the molecule is Nc1ccc(Cl)nn1.Nc1nnc(Cl)cc1Br. The van der Waals surface area contributed by atoms with E-state index >= 15 is 0 Å². The first kappa shape index (κ1) is 13.9. The van der Waals surface area contributed by atoms with E-state index in [-0.39, 0.29) is 0 Å². The van der Waals surface area contributed by atoms with Crippen LogP contribution in [0.5, 0.6) is 0 Å². The minimum atomic E-state index is 0.330. The molecule has 0 saturated heterocycles. The zero-order chi connectivity index (χ0) is 12.8. The molecule has 0 aliphatic rings. The summed E-state index contributed by atoms with van der Waals surface area (Å²) in [7, 11) is 0. The van der Waals surface area contributed by atoms with Crippen LogP contribution in [0.15, 0.2) is 22.7 Å². The molecule has 0 aliphatic carbocycles. The van der Waals surface area contributed by atoms with Crippen molar-refractivity contribution >= 4 is 50.8 Å². The van der Waals surface area contributed by atoms with Crippen LogP contribution in [0.3, 0.4) is 0 Å². The molecule has 0 atom stereocenters. The van der Waals surface area contributed by atoms with Crippen LogP contribution in [-0.4, -0.2) is 20.4 Å². The summed E-state index contributed by atoms with van der Waals surface area (Å²) in [6.07, 6.45) is 0. The second kappa shape index (κ2) is 6.53. The van der Waals surface area contributed by atoms with Crippen LogP contribution in [0, 0.1) is 0 Å². The lowest BCUT2D eigenvalue weighted by molar-refractivity contribution is 1.04. The zero-order valence-electron chi connectivity index (χ0n) is 8.31. The van der Waals surface area contributed by atoms with Gasteiger partial charge in [0.15, 0.2) is 16.1 Å². The first-order valence-electron chi connectivity index (χ1n) is 4.18. The van der Waals surface area contributed by atoms with Crippen LogP contribution in [0.2, 0.25) is 10.3 Å². The van der Waals surface area contributed by atoms with E-state index in [1.807, 2.05) is 0 Å². The number of hydrogen-bond donors (Lipinski definition) is 2. The van der Waals surface area contributed by atoms with Gasteiger partial charge in [0.25, 0.3) is 0 Å². The van der Waals surface area contributed by atoms with Crippen LogP contribution in [-0.2, 0) is 0 Å². The topological polar surface area (TPSA) is 104 Å². The molecular formula is C8H7BrCl2N6. The molecule has 0 aromatic carbocycles. The summed E-state index contributed by atoms with van der Waals surface area (Å²) in [5, 5.41) is 14.7.